The number of ether oxygens (including phenoxy) is 3. The number of benzene rings is 1. The molecule has 8 heteroatoms. The Hall–Kier alpha value is -2.68. The van der Waals surface area contributed by atoms with Gasteiger partial charge in [-0.05, 0) is 25.3 Å². The number of aryl methyl sites for hydroxylation is 1. The Morgan fingerprint density at radius 2 is 2.03 bits per heavy atom. The van der Waals surface area contributed by atoms with Crippen LogP contribution in [0.25, 0.3) is 0 Å². The number of morpholine rings is 1. The van der Waals surface area contributed by atoms with Gasteiger partial charge in [0.2, 0.25) is 5.88 Å². The fourth-order valence-corrected chi connectivity index (χ4v) is 3.17. The first-order chi connectivity index (χ1) is 15.2. The highest BCUT2D eigenvalue weighted by atomic mass is 16.5. The lowest BCUT2D eigenvalue weighted by Gasteiger charge is -2.29. The average molecular weight is 429 g/mol. The van der Waals surface area contributed by atoms with E-state index in [4.69, 9.17) is 19.3 Å². The second-order valence-electron chi connectivity index (χ2n) is 7.32. The molecule has 0 bridgehead atoms. The van der Waals surface area contributed by atoms with Gasteiger partial charge in [0.15, 0.2) is 5.82 Å². The SMILES string of the molecule is Cc1cccc(C=NNc2cc(N3CCOCC3)cc(OCCOCCCCO)n2)c1. The summed E-state index contributed by atoms with van der Waals surface area (Å²) >= 11 is 0. The quantitative estimate of drug-likeness (QED) is 0.305. The summed E-state index contributed by atoms with van der Waals surface area (Å²) in [4.78, 5) is 6.78. The number of hydrazone groups is 1. The molecular weight excluding hydrogens is 396 g/mol. The van der Waals surface area contributed by atoms with Crippen molar-refractivity contribution in [2.75, 3.05) is 63.1 Å². The van der Waals surface area contributed by atoms with E-state index in [0.29, 0.717) is 44.7 Å². The van der Waals surface area contributed by atoms with Gasteiger partial charge in [0.25, 0.3) is 0 Å². The molecule has 1 aliphatic heterocycles. The third kappa shape index (κ3) is 8.16. The first-order valence-corrected chi connectivity index (χ1v) is 10.8. The predicted molar refractivity (Wildman–Crippen MR) is 122 cm³/mol. The number of aliphatic hydroxyl groups excluding tert-OH is 1. The van der Waals surface area contributed by atoms with Gasteiger partial charge in [-0.2, -0.15) is 10.1 Å². The molecule has 0 atom stereocenters. The Labute approximate surface area is 183 Å². The van der Waals surface area contributed by atoms with E-state index in [0.717, 1.165) is 37.2 Å². The highest BCUT2D eigenvalue weighted by Gasteiger charge is 2.14. The molecule has 3 rings (SSSR count). The molecule has 2 heterocycles. The molecule has 1 aromatic heterocycles. The molecular formula is C23H32N4O4. The third-order valence-corrected chi connectivity index (χ3v) is 4.77. The van der Waals surface area contributed by atoms with Crippen molar-refractivity contribution >= 4 is 17.7 Å². The zero-order chi connectivity index (χ0) is 21.7. The van der Waals surface area contributed by atoms with Gasteiger partial charge in [-0.1, -0.05) is 29.8 Å². The fraction of sp³-hybridized carbons (Fsp3) is 0.478. The van der Waals surface area contributed by atoms with E-state index < -0.39 is 0 Å². The van der Waals surface area contributed by atoms with Crippen LogP contribution in [0.4, 0.5) is 11.5 Å². The number of aromatic nitrogens is 1. The van der Waals surface area contributed by atoms with Crippen molar-refractivity contribution in [3.8, 4) is 5.88 Å². The zero-order valence-electron chi connectivity index (χ0n) is 18.1. The molecule has 168 valence electrons. The Balaban J connectivity index is 1.62. The zero-order valence-corrected chi connectivity index (χ0v) is 18.1. The molecule has 1 saturated heterocycles. The number of nitrogens with one attached hydrogen (secondary N) is 1. The van der Waals surface area contributed by atoms with Crippen LogP contribution < -0.4 is 15.1 Å². The second kappa shape index (κ2) is 12.9. The Morgan fingerprint density at radius 1 is 1.16 bits per heavy atom. The van der Waals surface area contributed by atoms with Gasteiger partial charge in [-0.25, -0.2) is 0 Å². The maximum Gasteiger partial charge on any atom is 0.217 e. The number of rotatable bonds is 12. The van der Waals surface area contributed by atoms with Crippen molar-refractivity contribution in [1.29, 1.82) is 0 Å². The number of nitrogens with zero attached hydrogens (tertiary/aromatic N) is 3. The number of pyridine rings is 1. The van der Waals surface area contributed by atoms with E-state index >= 15 is 0 Å². The van der Waals surface area contributed by atoms with Crippen molar-refractivity contribution in [3.63, 3.8) is 0 Å². The minimum Gasteiger partial charge on any atom is -0.475 e. The van der Waals surface area contributed by atoms with Crippen LogP contribution in [0.1, 0.15) is 24.0 Å². The summed E-state index contributed by atoms with van der Waals surface area (Å²) in [6.07, 6.45) is 3.37. The summed E-state index contributed by atoms with van der Waals surface area (Å²) in [5.74, 6) is 1.14. The average Bonchev–Trinajstić information content (AvgIpc) is 2.79. The van der Waals surface area contributed by atoms with Gasteiger partial charge in [-0.3, -0.25) is 5.43 Å². The van der Waals surface area contributed by atoms with E-state index in [-0.39, 0.29) is 6.61 Å². The van der Waals surface area contributed by atoms with Crippen molar-refractivity contribution < 1.29 is 19.3 Å². The lowest BCUT2D eigenvalue weighted by atomic mass is 10.2. The maximum atomic E-state index is 8.80. The van der Waals surface area contributed by atoms with Crippen LogP contribution in [0.2, 0.25) is 0 Å². The lowest BCUT2D eigenvalue weighted by Crippen LogP contribution is -2.36. The second-order valence-corrected chi connectivity index (χ2v) is 7.32. The molecule has 31 heavy (non-hydrogen) atoms. The van der Waals surface area contributed by atoms with Crippen LogP contribution in [0.5, 0.6) is 5.88 Å². The van der Waals surface area contributed by atoms with Crippen molar-refractivity contribution in [2.24, 2.45) is 5.10 Å². The van der Waals surface area contributed by atoms with Gasteiger partial charge >= 0.3 is 0 Å². The topological polar surface area (TPSA) is 88.4 Å². The Kier molecular flexibility index (Phi) is 9.56. The molecule has 1 aromatic carbocycles. The molecule has 8 nitrogen and oxygen atoms in total. The maximum absolute atomic E-state index is 8.80. The van der Waals surface area contributed by atoms with E-state index in [2.05, 4.69) is 39.5 Å². The molecule has 0 unspecified atom stereocenters. The summed E-state index contributed by atoms with van der Waals surface area (Å²) in [7, 11) is 0. The summed E-state index contributed by atoms with van der Waals surface area (Å²) < 4.78 is 16.8. The first-order valence-electron chi connectivity index (χ1n) is 10.8. The van der Waals surface area contributed by atoms with E-state index in [9.17, 15) is 0 Å². The monoisotopic (exact) mass is 428 g/mol. The van der Waals surface area contributed by atoms with Crippen LogP contribution in [0.3, 0.4) is 0 Å². The summed E-state index contributed by atoms with van der Waals surface area (Å²) in [6, 6.07) is 12.0. The molecule has 0 aliphatic carbocycles. The normalized spacial score (nSPS) is 14.2. The van der Waals surface area contributed by atoms with Crippen molar-refractivity contribution in [3.05, 3.63) is 47.5 Å². The Morgan fingerprint density at radius 3 is 2.84 bits per heavy atom. The minimum atomic E-state index is 0.195. The van der Waals surface area contributed by atoms with Crippen LogP contribution in [0.15, 0.2) is 41.5 Å². The molecule has 1 aliphatic rings. The summed E-state index contributed by atoms with van der Waals surface area (Å²) in [5.41, 5.74) is 6.25. The van der Waals surface area contributed by atoms with Gasteiger partial charge in [0.05, 0.1) is 26.0 Å². The number of anilines is 2. The molecule has 0 amide bonds. The van der Waals surface area contributed by atoms with E-state index in [1.807, 2.05) is 24.3 Å². The van der Waals surface area contributed by atoms with Gasteiger partial charge < -0.3 is 24.2 Å². The highest BCUT2D eigenvalue weighted by molar-refractivity contribution is 5.80. The number of unbranched alkanes of at least 4 members (excludes halogenated alkanes) is 1. The van der Waals surface area contributed by atoms with Crippen molar-refractivity contribution in [1.82, 2.24) is 4.98 Å². The third-order valence-electron chi connectivity index (χ3n) is 4.77. The molecule has 0 radical (unpaired) electrons. The molecule has 2 aromatic rings. The molecule has 0 spiro atoms. The number of hydrogen-bond acceptors (Lipinski definition) is 8. The van der Waals surface area contributed by atoms with Crippen LogP contribution in [-0.2, 0) is 9.47 Å². The highest BCUT2D eigenvalue weighted by Crippen LogP contribution is 2.24. The first kappa shape index (κ1) is 23.0. The molecule has 0 saturated carbocycles. The van der Waals surface area contributed by atoms with Crippen molar-refractivity contribution in [2.45, 2.75) is 19.8 Å². The fourth-order valence-electron chi connectivity index (χ4n) is 3.17. The van der Waals surface area contributed by atoms with Crippen LogP contribution >= 0.6 is 0 Å². The van der Waals surface area contributed by atoms with Crippen LogP contribution in [-0.4, -0.2) is 69.0 Å². The minimum absolute atomic E-state index is 0.195. The number of hydrogen-bond donors (Lipinski definition) is 2. The van der Waals surface area contributed by atoms with E-state index in [1.54, 1.807) is 6.21 Å². The lowest BCUT2D eigenvalue weighted by molar-refractivity contribution is 0.0929. The summed E-state index contributed by atoms with van der Waals surface area (Å²) in [6.45, 7) is 6.80. The predicted octanol–water partition coefficient (Wildman–Crippen LogP) is 2.84. The summed E-state index contributed by atoms with van der Waals surface area (Å²) in [5, 5.41) is 13.1. The molecule has 1 fully saturated rings. The molecule has 2 N–H and O–H groups in total. The Bertz CT molecular complexity index is 825. The largest absolute Gasteiger partial charge is 0.475 e. The van der Waals surface area contributed by atoms with Gasteiger partial charge in [0, 0.05) is 44.1 Å². The van der Waals surface area contributed by atoms with E-state index in [1.165, 1.54) is 5.56 Å². The van der Waals surface area contributed by atoms with Crippen LogP contribution in [0, 0.1) is 6.92 Å². The van der Waals surface area contributed by atoms with Gasteiger partial charge in [0.1, 0.15) is 6.61 Å². The smallest absolute Gasteiger partial charge is 0.217 e. The number of aliphatic hydroxyl groups is 1. The standard InChI is InChI=1S/C23H32N4O4/c1-19-5-4-6-20(15-19)18-24-26-22-16-21(27-7-11-30-12-8-27)17-23(25-22)31-14-13-29-10-3-2-9-28/h4-6,15-18,28H,2-3,7-14H2,1H3,(H,25,26). The van der Waals surface area contributed by atoms with Gasteiger partial charge in [-0.15, -0.1) is 0 Å².